The molecule has 2 aromatic carbocycles. The van der Waals surface area contributed by atoms with Crippen LogP contribution in [0.5, 0.6) is 0 Å². The Kier molecular flexibility index (Phi) is 4.57. The van der Waals surface area contributed by atoms with Gasteiger partial charge in [-0.25, -0.2) is 0 Å². The van der Waals surface area contributed by atoms with Crippen LogP contribution in [-0.4, -0.2) is 30.6 Å². The van der Waals surface area contributed by atoms with Gasteiger partial charge < -0.3 is 5.32 Å². The second-order valence-electron chi connectivity index (χ2n) is 6.65. The standard InChI is InChI=1S/C19H26N2/c1-15(2)12-18-14-21(11-10-20-18)13-17-8-5-7-16-6-3-4-9-19(16)17/h3-9,15,18,20H,10-14H2,1-2H3. The maximum absolute atomic E-state index is 3.66. The molecular weight excluding hydrogens is 256 g/mol. The van der Waals surface area contributed by atoms with Crippen LogP contribution in [0.2, 0.25) is 0 Å². The Bertz CT molecular complexity index is 586. The van der Waals surface area contributed by atoms with Crippen LogP contribution in [-0.2, 0) is 6.54 Å². The van der Waals surface area contributed by atoms with Crippen molar-refractivity contribution < 1.29 is 0 Å². The topological polar surface area (TPSA) is 15.3 Å². The maximum atomic E-state index is 3.66. The molecule has 0 bridgehead atoms. The highest BCUT2D eigenvalue weighted by atomic mass is 15.2. The van der Waals surface area contributed by atoms with Crippen LogP contribution in [0.15, 0.2) is 42.5 Å². The van der Waals surface area contributed by atoms with E-state index in [0.29, 0.717) is 6.04 Å². The SMILES string of the molecule is CC(C)CC1CN(Cc2cccc3ccccc23)CCN1. The fourth-order valence-corrected chi connectivity index (χ4v) is 3.44. The summed E-state index contributed by atoms with van der Waals surface area (Å²) in [4.78, 5) is 2.60. The van der Waals surface area contributed by atoms with Crippen LogP contribution in [0.25, 0.3) is 10.8 Å². The first kappa shape index (κ1) is 14.6. The number of piperazine rings is 1. The first-order valence-corrected chi connectivity index (χ1v) is 8.15. The van der Waals surface area contributed by atoms with Crippen molar-refractivity contribution in [3.05, 3.63) is 48.0 Å². The third-order valence-electron chi connectivity index (χ3n) is 4.37. The summed E-state index contributed by atoms with van der Waals surface area (Å²) in [6, 6.07) is 16.0. The molecule has 0 spiro atoms. The predicted octanol–water partition coefficient (Wildman–Crippen LogP) is 3.66. The molecule has 2 heteroatoms. The van der Waals surface area contributed by atoms with Gasteiger partial charge in [0.05, 0.1) is 0 Å². The second-order valence-corrected chi connectivity index (χ2v) is 6.65. The summed E-state index contributed by atoms with van der Waals surface area (Å²) in [7, 11) is 0. The summed E-state index contributed by atoms with van der Waals surface area (Å²) < 4.78 is 0. The lowest BCUT2D eigenvalue weighted by Crippen LogP contribution is -2.50. The van der Waals surface area contributed by atoms with E-state index in [1.807, 2.05) is 0 Å². The van der Waals surface area contributed by atoms with Crippen LogP contribution in [0.4, 0.5) is 0 Å². The third kappa shape index (κ3) is 3.63. The van der Waals surface area contributed by atoms with E-state index in [2.05, 4.69) is 66.5 Å². The average molecular weight is 282 g/mol. The molecule has 3 rings (SSSR count). The second kappa shape index (κ2) is 6.59. The van der Waals surface area contributed by atoms with Gasteiger partial charge in [-0.3, -0.25) is 4.90 Å². The summed E-state index contributed by atoms with van der Waals surface area (Å²) in [6.45, 7) is 9.12. The number of nitrogens with one attached hydrogen (secondary N) is 1. The van der Waals surface area contributed by atoms with Crippen molar-refractivity contribution >= 4 is 10.8 Å². The molecule has 0 aliphatic carbocycles. The van der Waals surface area contributed by atoms with Crippen molar-refractivity contribution in [1.29, 1.82) is 0 Å². The molecule has 2 aromatic rings. The van der Waals surface area contributed by atoms with Crippen LogP contribution >= 0.6 is 0 Å². The zero-order valence-electron chi connectivity index (χ0n) is 13.2. The van der Waals surface area contributed by atoms with Crippen molar-refractivity contribution in [2.24, 2.45) is 5.92 Å². The zero-order valence-corrected chi connectivity index (χ0v) is 13.2. The van der Waals surface area contributed by atoms with Crippen molar-refractivity contribution in [2.45, 2.75) is 32.9 Å². The van der Waals surface area contributed by atoms with E-state index in [1.165, 1.54) is 29.3 Å². The molecular formula is C19H26N2. The summed E-state index contributed by atoms with van der Waals surface area (Å²) in [5.74, 6) is 0.764. The molecule has 0 saturated carbocycles. The summed E-state index contributed by atoms with van der Waals surface area (Å²) in [5.41, 5.74) is 1.46. The Morgan fingerprint density at radius 3 is 2.81 bits per heavy atom. The van der Waals surface area contributed by atoms with Crippen molar-refractivity contribution in [2.75, 3.05) is 19.6 Å². The highest BCUT2D eigenvalue weighted by Crippen LogP contribution is 2.21. The monoisotopic (exact) mass is 282 g/mol. The quantitative estimate of drug-likeness (QED) is 0.920. The summed E-state index contributed by atoms with van der Waals surface area (Å²) in [6.07, 6.45) is 1.27. The minimum Gasteiger partial charge on any atom is -0.311 e. The maximum Gasteiger partial charge on any atom is 0.0241 e. The number of benzene rings is 2. The molecule has 1 saturated heterocycles. The molecule has 1 atom stereocenters. The Morgan fingerprint density at radius 2 is 1.95 bits per heavy atom. The van der Waals surface area contributed by atoms with E-state index in [1.54, 1.807) is 0 Å². The lowest BCUT2D eigenvalue weighted by Gasteiger charge is -2.34. The van der Waals surface area contributed by atoms with Gasteiger partial charge in [0.1, 0.15) is 0 Å². The Labute approximate surface area is 128 Å². The van der Waals surface area contributed by atoms with Gasteiger partial charge in [0.2, 0.25) is 0 Å². The molecule has 0 aromatic heterocycles. The van der Waals surface area contributed by atoms with E-state index in [-0.39, 0.29) is 0 Å². The predicted molar refractivity (Wildman–Crippen MR) is 90.5 cm³/mol. The van der Waals surface area contributed by atoms with Gasteiger partial charge in [0, 0.05) is 32.2 Å². The molecule has 1 heterocycles. The van der Waals surface area contributed by atoms with Crippen molar-refractivity contribution in [1.82, 2.24) is 10.2 Å². The lowest BCUT2D eigenvalue weighted by atomic mass is 10.0. The third-order valence-corrected chi connectivity index (χ3v) is 4.37. The van der Waals surface area contributed by atoms with Gasteiger partial charge in [-0.2, -0.15) is 0 Å². The number of hydrogen-bond acceptors (Lipinski definition) is 2. The number of hydrogen-bond donors (Lipinski definition) is 1. The molecule has 1 fully saturated rings. The molecule has 0 amide bonds. The average Bonchev–Trinajstić information content (AvgIpc) is 2.47. The molecule has 112 valence electrons. The molecule has 0 radical (unpaired) electrons. The minimum absolute atomic E-state index is 0.647. The Hall–Kier alpha value is -1.38. The van der Waals surface area contributed by atoms with Gasteiger partial charge in [-0.15, -0.1) is 0 Å². The van der Waals surface area contributed by atoms with Crippen molar-refractivity contribution in [3.8, 4) is 0 Å². The van der Waals surface area contributed by atoms with Gasteiger partial charge in [-0.1, -0.05) is 56.3 Å². The first-order chi connectivity index (χ1) is 10.2. The Balaban J connectivity index is 1.73. The highest BCUT2D eigenvalue weighted by Gasteiger charge is 2.20. The van der Waals surface area contributed by atoms with Crippen LogP contribution in [0, 0.1) is 5.92 Å². The van der Waals surface area contributed by atoms with E-state index in [9.17, 15) is 0 Å². The number of rotatable bonds is 4. The minimum atomic E-state index is 0.647. The van der Waals surface area contributed by atoms with Crippen LogP contribution in [0.1, 0.15) is 25.8 Å². The summed E-state index contributed by atoms with van der Waals surface area (Å²) in [5, 5.41) is 6.41. The first-order valence-electron chi connectivity index (χ1n) is 8.15. The van der Waals surface area contributed by atoms with E-state index >= 15 is 0 Å². The number of fused-ring (bicyclic) bond motifs is 1. The fraction of sp³-hybridized carbons (Fsp3) is 0.474. The molecule has 1 unspecified atom stereocenters. The van der Waals surface area contributed by atoms with Gasteiger partial charge in [0.15, 0.2) is 0 Å². The molecule has 1 N–H and O–H groups in total. The zero-order chi connectivity index (χ0) is 14.7. The lowest BCUT2D eigenvalue weighted by molar-refractivity contribution is 0.180. The van der Waals surface area contributed by atoms with Crippen LogP contribution in [0.3, 0.4) is 0 Å². The molecule has 21 heavy (non-hydrogen) atoms. The fourth-order valence-electron chi connectivity index (χ4n) is 3.44. The highest BCUT2D eigenvalue weighted by molar-refractivity contribution is 5.85. The largest absolute Gasteiger partial charge is 0.311 e. The molecule has 1 aliphatic heterocycles. The van der Waals surface area contributed by atoms with E-state index in [0.717, 1.165) is 25.6 Å². The van der Waals surface area contributed by atoms with Gasteiger partial charge >= 0.3 is 0 Å². The van der Waals surface area contributed by atoms with E-state index in [4.69, 9.17) is 0 Å². The number of nitrogens with zero attached hydrogens (tertiary/aromatic N) is 1. The smallest absolute Gasteiger partial charge is 0.0241 e. The van der Waals surface area contributed by atoms with Crippen LogP contribution < -0.4 is 5.32 Å². The molecule has 1 aliphatic rings. The molecule has 2 nitrogen and oxygen atoms in total. The Morgan fingerprint density at radius 1 is 1.14 bits per heavy atom. The van der Waals surface area contributed by atoms with E-state index < -0.39 is 0 Å². The normalized spacial score (nSPS) is 20.2. The van der Waals surface area contributed by atoms with Gasteiger partial charge in [-0.05, 0) is 28.7 Å². The van der Waals surface area contributed by atoms with Gasteiger partial charge in [0.25, 0.3) is 0 Å². The van der Waals surface area contributed by atoms with Crippen molar-refractivity contribution in [3.63, 3.8) is 0 Å². The summed E-state index contributed by atoms with van der Waals surface area (Å²) >= 11 is 0.